The van der Waals surface area contributed by atoms with E-state index in [1.165, 1.54) is 0 Å². The molecule has 0 spiro atoms. The molecule has 0 radical (unpaired) electrons. The molecule has 1 aliphatic rings. The van der Waals surface area contributed by atoms with Crippen molar-refractivity contribution in [3.63, 3.8) is 0 Å². The van der Waals surface area contributed by atoms with Gasteiger partial charge in [-0.2, -0.15) is 0 Å². The van der Waals surface area contributed by atoms with Gasteiger partial charge in [-0.3, -0.25) is 14.9 Å². The number of nitrogens with zero attached hydrogens (tertiary/aromatic N) is 1. The third-order valence-electron chi connectivity index (χ3n) is 4.30. The van der Waals surface area contributed by atoms with Gasteiger partial charge in [0.15, 0.2) is 0 Å². The number of aromatic nitrogens is 1. The quantitative estimate of drug-likeness (QED) is 0.542. The van der Waals surface area contributed by atoms with E-state index in [1.54, 1.807) is 12.4 Å². The summed E-state index contributed by atoms with van der Waals surface area (Å²) < 4.78 is 5.41. The summed E-state index contributed by atoms with van der Waals surface area (Å²) in [6.45, 7) is 2.51. The Bertz CT molecular complexity index is 1090. The van der Waals surface area contributed by atoms with E-state index in [4.69, 9.17) is 4.74 Å². The molecule has 0 saturated heterocycles. The third kappa shape index (κ3) is 3.13. The fourth-order valence-electron chi connectivity index (χ4n) is 3.05. The molecular formula is C21H17N3O3. The van der Waals surface area contributed by atoms with E-state index in [0.717, 1.165) is 22.2 Å². The molecular weight excluding hydrogens is 342 g/mol. The number of aromatic amines is 1. The number of amides is 2. The number of benzene rings is 2. The molecule has 2 heterocycles. The van der Waals surface area contributed by atoms with Gasteiger partial charge >= 0.3 is 0 Å². The molecule has 2 amide bonds. The highest BCUT2D eigenvalue weighted by molar-refractivity contribution is 6.37. The molecule has 2 aromatic carbocycles. The molecule has 1 aromatic heterocycles. The average molecular weight is 359 g/mol. The van der Waals surface area contributed by atoms with Gasteiger partial charge in [0.25, 0.3) is 11.8 Å². The second kappa shape index (κ2) is 6.92. The zero-order chi connectivity index (χ0) is 18.8. The minimum atomic E-state index is -0.498. The van der Waals surface area contributed by atoms with Gasteiger partial charge in [-0.05, 0) is 42.8 Å². The molecule has 0 unspecified atom stereocenters. The molecule has 0 fully saturated rings. The molecule has 0 aliphatic carbocycles. The number of carbonyl (C=O) groups is 2. The predicted molar refractivity (Wildman–Crippen MR) is 104 cm³/mol. The Kier molecular flexibility index (Phi) is 4.30. The number of imide groups is 1. The van der Waals surface area contributed by atoms with Crippen molar-refractivity contribution in [2.45, 2.75) is 6.92 Å². The Morgan fingerprint density at radius 1 is 1.04 bits per heavy atom. The van der Waals surface area contributed by atoms with Gasteiger partial charge < -0.3 is 9.72 Å². The van der Waals surface area contributed by atoms with E-state index < -0.39 is 11.8 Å². The van der Waals surface area contributed by atoms with E-state index in [-0.39, 0.29) is 11.3 Å². The highest BCUT2D eigenvalue weighted by Gasteiger charge is 2.32. The van der Waals surface area contributed by atoms with Gasteiger partial charge in [0, 0.05) is 28.9 Å². The van der Waals surface area contributed by atoms with E-state index in [0.29, 0.717) is 12.2 Å². The summed E-state index contributed by atoms with van der Waals surface area (Å²) >= 11 is 0. The number of H-pyrrole nitrogens is 1. The van der Waals surface area contributed by atoms with Crippen LogP contribution in [-0.2, 0) is 9.59 Å². The fraction of sp³-hybridized carbons (Fsp3) is 0.0952. The molecule has 0 saturated carbocycles. The summed E-state index contributed by atoms with van der Waals surface area (Å²) in [4.78, 5) is 32.1. The normalized spacial score (nSPS) is 14.4. The largest absolute Gasteiger partial charge is 0.494 e. The van der Waals surface area contributed by atoms with Crippen molar-refractivity contribution >= 4 is 34.5 Å². The number of carbonyl (C=O) groups excluding carboxylic acids is 2. The lowest BCUT2D eigenvalue weighted by Gasteiger charge is -2.02. The zero-order valence-corrected chi connectivity index (χ0v) is 14.7. The molecule has 1 aliphatic heterocycles. The zero-order valence-electron chi connectivity index (χ0n) is 14.7. The lowest BCUT2D eigenvalue weighted by molar-refractivity contribution is -0.123. The number of hydrogen-bond donors (Lipinski definition) is 2. The van der Waals surface area contributed by atoms with Gasteiger partial charge in [-0.25, -0.2) is 4.99 Å². The number of para-hydroxylation sites is 1. The predicted octanol–water partition coefficient (Wildman–Crippen LogP) is 3.05. The van der Waals surface area contributed by atoms with E-state index in [9.17, 15) is 9.59 Å². The van der Waals surface area contributed by atoms with Crippen molar-refractivity contribution in [2.24, 2.45) is 4.99 Å². The summed E-state index contributed by atoms with van der Waals surface area (Å²) in [5.74, 6) is -0.173. The SMILES string of the molecule is CCOc1ccc(C=NC2=C(c3c[nH]c4ccccc34)C(=O)NC2=O)cc1. The molecule has 134 valence electrons. The maximum atomic E-state index is 12.4. The lowest BCUT2D eigenvalue weighted by atomic mass is 10.0. The second-order valence-electron chi connectivity index (χ2n) is 6.02. The second-order valence-corrected chi connectivity index (χ2v) is 6.02. The number of fused-ring (bicyclic) bond motifs is 1. The van der Waals surface area contributed by atoms with Crippen molar-refractivity contribution in [3.8, 4) is 5.75 Å². The van der Waals surface area contributed by atoms with Crippen LogP contribution in [0.4, 0.5) is 0 Å². The van der Waals surface area contributed by atoms with E-state index in [1.807, 2.05) is 55.5 Å². The molecule has 4 rings (SSSR count). The summed E-state index contributed by atoms with van der Waals surface area (Å²) in [6, 6.07) is 15.0. The van der Waals surface area contributed by atoms with Crippen LogP contribution in [0, 0.1) is 0 Å². The first-order chi connectivity index (χ1) is 13.2. The van der Waals surface area contributed by atoms with Gasteiger partial charge in [-0.15, -0.1) is 0 Å². The van der Waals surface area contributed by atoms with Crippen molar-refractivity contribution in [1.29, 1.82) is 0 Å². The Balaban J connectivity index is 1.73. The van der Waals surface area contributed by atoms with Crippen LogP contribution in [0.1, 0.15) is 18.1 Å². The van der Waals surface area contributed by atoms with Crippen molar-refractivity contribution in [3.05, 3.63) is 71.6 Å². The van der Waals surface area contributed by atoms with Gasteiger partial charge in [0.05, 0.1) is 12.2 Å². The van der Waals surface area contributed by atoms with Crippen LogP contribution in [0.3, 0.4) is 0 Å². The fourth-order valence-corrected chi connectivity index (χ4v) is 3.05. The van der Waals surface area contributed by atoms with E-state index in [2.05, 4.69) is 15.3 Å². The number of aliphatic imine (C=N–C) groups is 1. The summed E-state index contributed by atoms with van der Waals surface area (Å²) in [6.07, 6.45) is 3.29. The Labute approximate surface area is 155 Å². The molecule has 3 aromatic rings. The Hall–Kier alpha value is -3.67. The number of rotatable bonds is 5. The summed E-state index contributed by atoms with van der Waals surface area (Å²) in [7, 11) is 0. The highest BCUT2D eigenvalue weighted by Crippen LogP contribution is 2.30. The van der Waals surface area contributed by atoms with Crippen LogP contribution >= 0.6 is 0 Å². The maximum absolute atomic E-state index is 12.4. The molecule has 6 heteroatoms. The molecule has 2 N–H and O–H groups in total. The monoisotopic (exact) mass is 359 g/mol. The topological polar surface area (TPSA) is 83.5 Å². The maximum Gasteiger partial charge on any atom is 0.277 e. The van der Waals surface area contributed by atoms with Gasteiger partial charge in [0.2, 0.25) is 0 Å². The minimum Gasteiger partial charge on any atom is -0.494 e. The smallest absolute Gasteiger partial charge is 0.277 e. The minimum absolute atomic E-state index is 0.110. The Morgan fingerprint density at radius 3 is 2.59 bits per heavy atom. The molecule has 0 atom stereocenters. The van der Waals surface area contributed by atoms with Crippen LogP contribution in [0.15, 0.2) is 65.4 Å². The van der Waals surface area contributed by atoms with Crippen LogP contribution in [0.2, 0.25) is 0 Å². The van der Waals surface area contributed by atoms with Gasteiger partial charge in [0.1, 0.15) is 11.4 Å². The lowest BCUT2D eigenvalue weighted by Crippen LogP contribution is -2.22. The van der Waals surface area contributed by atoms with Gasteiger partial charge in [-0.1, -0.05) is 18.2 Å². The highest BCUT2D eigenvalue weighted by atomic mass is 16.5. The van der Waals surface area contributed by atoms with Crippen LogP contribution in [0.5, 0.6) is 5.75 Å². The number of hydrogen-bond acceptors (Lipinski definition) is 4. The number of nitrogens with one attached hydrogen (secondary N) is 2. The summed E-state index contributed by atoms with van der Waals surface area (Å²) in [5, 5.41) is 3.20. The third-order valence-corrected chi connectivity index (χ3v) is 4.30. The Morgan fingerprint density at radius 2 is 1.81 bits per heavy atom. The first-order valence-corrected chi connectivity index (χ1v) is 8.60. The summed E-state index contributed by atoms with van der Waals surface area (Å²) in [5.41, 5.74) is 2.74. The van der Waals surface area contributed by atoms with Crippen molar-refractivity contribution in [1.82, 2.24) is 10.3 Å². The molecule has 6 nitrogen and oxygen atoms in total. The van der Waals surface area contributed by atoms with Crippen LogP contribution < -0.4 is 10.1 Å². The first-order valence-electron chi connectivity index (χ1n) is 8.60. The molecule has 0 bridgehead atoms. The number of ether oxygens (including phenoxy) is 1. The molecule has 27 heavy (non-hydrogen) atoms. The van der Waals surface area contributed by atoms with Crippen LogP contribution in [-0.4, -0.2) is 29.6 Å². The average Bonchev–Trinajstić information content (AvgIpc) is 3.21. The van der Waals surface area contributed by atoms with E-state index >= 15 is 0 Å². The van der Waals surface area contributed by atoms with Crippen molar-refractivity contribution < 1.29 is 14.3 Å². The standard InChI is InChI=1S/C21H17N3O3/c1-2-27-14-9-7-13(8-10-14)11-23-19-18(20(25)24-21(19)26)16-12-22-17-6-4-3-5-15(16)17/h3-12,22H,2H2,1H3,(H,24,25,26). The van der Waals surface area contributed by atoms with Crippen molar-refractivity contribution in [2.75, 3.05) is 6.61 Å². The first kappa shape index (κ1) is 16.8. The van der Waals surface area contributed by atoms with Crippen LogP contribution in [0.25, 0.3) is 16.5 Å².